The highest BCUT2D eigenvalue weighted by atomic mass is 35.5. The van der Waals surface area contributed by atoms with Gasteiger partial charge in [0, 0.05) is 30.6 Å². The topological polar surface area (TPSA) is 66.5 Å². The van der Waals surface area contributed by atoms with Crippen LogP contribution < -0.4 is 5.32 Å². The van der Waals surface area contributed by atoms with Crippen molar-refractivity contribution in [2.45, 2.75) is 38.0 Å². The maximum atomic E-state index is 12.8. The number of hydrogen-bond donors (Lipinski definition) is 1. The van der Waals surface area contributed by atoms with Gasteiger partial charge in [0.1, 0.15) is 0 Å². The fourth-order valence-corrected chi connectivity index (χ4v) is 7.13. The number of halogens is 2. The van der Waals surface area contributed by atoms with Gasteiger partial charge in [-0.15, -0.1) is 0 Å². The van der Waals surface area contributed by atoms with Gasteiger partial charge in [-0.1, -0.05) is 54.4 Å². The van der Waals surface area contributed by atoms with Crippen LogP contribution in [0.15, 0.2) is 42.5 Å². The van der Waals surface area contributed by atoms with Crippen LogP contribution in [-0.2, 0) is 21.9 Å². The molecule has 5 nitrogen and oxygen atoms in total. The number of piperidine rings is 1. The molecule has 32 heavy (non-hydrogen) atoms. The average Bonchev–Trinajstić information content (AvgIpc) is 3.07. The van der Waals surface area contributed by atoms with E-state index in [0.717, 1.165) is 19.3 Å². The van der Waals surface area contributed by atoms with Crippen LogP contribution >= 0.6 is 23.2 Å². The van der Waals surface area contributed by atoms with E-state index in [1.807, 2.05) is 13.0 Å². The van der Waals surface area contributed by atoms with Crippen LogP contribution in [-0.4, -0.2) is 44.0 Å². The number of amides is 1. The molecule has 1 N–H and O–H groups in total. The molecule has 1 spiro atoms. The van der Waals surface area contributed by atoms with Crippen molar-refractivity contribution in [3.63, 3.8) is 0 Å². The molecule has 1 unspecified atom stereocenters. The molecule has 8 heteroatoms. The summed E-state index contributed by atoms with van der Waals surface area (Å²) in [5, 5.41) is 3.85. The number of nitrogens with one attached hydrogen (secondary N) is 1. The smallest absolute Gasteiger partial charge is 0.251 e. The van der Waals surface area contributed by atoms with E-state index in [2.05, 4.69) is 23.5 Å². The maximum absolute atomic E-state index is 12.8. The molecular weight excluding hydrogens is 467 g/mol. The molecule has 1 heterocycles. The summed E-state index contributed by atoms with van der Waals surface area (Å²) in [5.41, 5.74) is 2.96. The third kappa shape index (κ3) is 4.43. The van der Waals surface area contributed by atoms with Crippen molar-refractivity contribution in [2.75, 3.05) is 25.4 Å². The van der Waals surface area contributed by atoms with Crippen molar-refractivity contribution in [1.29, 1.82) is 0 Å². The highest BCUT2D eigenvalue weighted by Crippen LogP contribution is 2.50. The number of benzene rings is 2. The molecule has 0 aromatic heterocycles. The summed E-state index contributed by atoms with van der Waals surface area (Å²) in [6.45, 7) is 3.46. The van der Waals surface area contributed by atoms with Crippen molar-refractivity contribution in [1.82, 2.24) is 9.62 Å². The minimum atomic E-state index is -3.20. The van der Waals surface area contributed by atoms with Crippen molar-refractivity contribution in [3.05, 3.63) is 69.2 Å². The van der Waals surface area contributed by atoms with Crippen molar-refractivity contribution in [3.8, 4) is 0 Å². The lowest BCUT2D eigenvalue weighted by Gasteiger charge is -2.43. The van der Waals surface area contributed by atoms with Crippen LogP contribution in [0.2, 0.25) is 10.0 Å². The highest BCUT2D eigenvalue weighted by molar-refractivity contribution is 7.89. The molecule has 1 atom stereocenters. The van der Waals surface area contributed by atoms with Gasteiger partial charge >= 0.3 is 0 Å². The monoisotopic (exact) mass is 494 g/mol. The van der Waals surface area contributed by atoms with Crippen molar-refractivity contribution >= 4 is 39.1 Å². The Bertz CT molecular complexity index is 1110. The molecule has 172 valence electrons. The van der Waals surface area contributed by atoms with Crippen LogP contribution in [0, 0.1) is 5.92 Å². The van der Waals surface area contributed by atoms with Crippen LogP contribution in [0.25, 0.3) is 0 Å². The largest absolute Gasteiger partial charge is 0.352 e. The van der Waals surface area contributed by atoms with E-state index in [-0.39, 0.29) is 23.0 Å². The fourth-order valence-electron chi connectivity index (χ4n) is 5.32. The Balaban J connectivity index is 1.52. The van der Waals surface area contributed by atoms with Gasteiger partial charge in [-0.05, 0) is 60.9 Å². The van der Waals surface area contributed by atoms with Gasteiger partial charge in [0.25, 0.3) is 5.91 Å². The summed E-state index contributed by atoms with van der Waals surface area (Å²) in [5.74, 6) is 0.222. The zero-order valence-corrected chi connectivity index (χ0v) is 20.4. The molecule has 0 radical (unpaired) electrons. The molecule has 4 rings (SSSR count). The first-order chi connectivity index (χ1) is 15.3. The second-order valence-electron chi connectivity index (χ2n) is 8.77. The Morgan fingerprint density at radius 3 is 2.53 bits per heavy atom. The molecule has 1 aliphatic heterocycles. The van der Waals surface area contributed by atoms with Gasteiger partial charge in [0.2, 0.25) is 10.0 Å². The predicted molar refractivity (Wildman–Crippen MR) is 129 cm³/mol. The van der Waals surface area contributed by atoms with E-state index in [1.165, 1.54) is 11.1 Å². The Hall–Kier alpha value is -1.60. The molecule has 0 bridgehead atoms. The second-order valence-corrected chi connectivity index (χ2v) is 11.7. The summed E-state index contributed by atoms with van der Waals surface area (Å²) in [7, 11) is -3.20. The number of hydrogen-bond acceptors (Lipinski definition) is 3. The molecule has 0 saturated carbocycles. The summed E-state index contributed by atoms with van der Waals surface area (Å²) in [4.78, 5) is 12.8. The third-order valence-electron chi connectivity index (χ3n) is 6.96. The number of nitrogens with zero attached hydrogens (tertiary/aromatic N) is 1. The molecule has 2 aliphatic rings. The fraction of sp³-hybridized carbons (Fsp3) is 0.458. The van der Waals surface area contributed by atoms with Crippen LogP contribution in [0.4, 0.5) is 0 Å². The average molecular weight is 495 g/mol. The molecule has 1 fully saturated rings. The summed E-state index contributed by atoms with van der Waals surface area (Å²) < 4.78 is 26.8. The number of carbonyl (C=O) groups is 1. The van der Waals surface area contributed by atoms with E-state index < -0.39 is 10.0 Å². The Morgan fingerprint density at radius 2 is 1.84 bits per heavy atom. The lowest BCUT2D eigenvalue weighted by atomic mass is 9.68. The minimum absolute atomic E-state index is 0.125. The SMILES string of the molecule is CCCS(=O)(=O)N1CCC2(CC1)c1ccccc1CC2CNC(=O)c1ccc(Cl)c(Cl)c1. The zero-order valence-electron chi connectivity index (χ0n) is 18.1. The van der Waals surface area contributed by atoms with Gasteiger partial charge in [0.15, 0.2) is 0 Å². The van der Waals surface area contributed by atoms with Crippen LogP contribution in [0.3, 0.4) is 0 Å². The maximum Gasteiger partial charge on any atom is 0.251 e. The minimum Gasteiger partial charge on any atom is -0.352 e. The molecule has 1 aliphatic carbocycles. The normalized spacial score (nSPS) is 20.3. The lowest BCUT2D eigenvalue weighted by molar-refractivity contribution is 0.0930. The van der Waals surface area contributed by atoms with E-state index in [4.69, 9.17) is 23.2 Å². The molecule has 2 aromatic rings. The summed E-state index contributed by atoms with van der Waals surface area (Å²) >= 11 is 12.0. The van der Waals surface area contributed by atoms with Gasteiger partial charge in [-0.25, -0.2) is 12.7 Å². The molecule has 2 aromatic carbocycles. The first-order valence-corrected chi connectivity index (χ1v) is 13.4. The zero-order chi connectivity index (χ0) is 22.9. The number of sulfonamides is 1. The van der Waals surface area contributed by atoms with Crippen molar-refractivity contribution in [2.24, 2.45) is 5.92 Å². The standard InChI is InChI=1S/C24H28Cl2N2O3S/c1-2-13-32(30,31)28-11-9-24(10-12-28)19(14-17-5-3-4-6-20(17)24)16-27-23(29)18-7-8-21(25)22(26)15-18/h3-8,15,19H,2,9-14,16H2,1H3,(H,27,29). The first-order valence-electron chi connectivity index (χ1n) is 11.1. The number of rotatable bonds is 6. The first kappa shape index (κ1) is 23.6. The predicted octanol–water partition coefficient (Wildman–Crippen LogP) is 4.67. The van der Waals surface area contributed by atoms with E-state index in [0.29, 0.717) is 41.7 Å². The lowest BCUT2D eigenvalue weighted by Crippen LogP contribution is -2.49. The number of fused-ring (bicyclic) bond motifs is 2. The van der Waals surface area contributed by atoms with Crippen molar-refractivity contribution < 1.29 is 13.2 Å². The summed E-state index contributed by atoms with van der Waals surface area (Å²) in [6, 6.07) is 13.3. The van der Waals surface area contributed by atoms with E-state index in [1.54, 1.807) is 22.5 Å². The van der Waals surface area contributed by atoms with E-state index in [9.17, 15) is 13.2 Å². The van der Waals surface area contributed by atoms with Crippen LogP contribution in [0.1, 0.15) is 47.7 Å². The second kappa shape index (κ2) is 9.34. The van der Waals surface area contributed by atoms with Gasteiger partial charge in [-0.2, -0.15) is 0 Å². The Kier molecular flexibility index (Phi) is 6.87. The van der Waals surface area contributed by atoms with Gasteiger partial charge < -0.3 is 5.32 Å². The molecule has 1 saturated heterocycles. The Morgan fingerprint density at radius 1 is 1.12 bits per heavy atom. The van der Waals surface area contributed by atoms with Crippen LogP contribution in [0.5, 0.6) is 0 Å². The third-order valence-corrected chi connectivity index (χ3v) is 9.78. The quantitative estimate of drug-likeness (QED) is 0.634. The summed E-state index contributed by atoms with van der Waals surface area (Å²) in [6.07, 6.45) is 3.02. The Labute approximate surface area is 200 Å². The van der Waals surface area contributed by atoms with Gasteiger partial charge in [0.05, 0.1) is 15.8 Å². The van der Waals surface area contributed by atoms with E-state index >= 15 is 0 Å². The highest BCUT2D eigenvalue weighted by Gasteiger charge is 2.49. The molecular formula is C24H28Cl2N2O3S. The van der Waals surface area contributed by atoms with Gasteiger partial charge in [-0.3, -0.25) is 4.79 Å². The molecule has 1 amide bonds. The number of carbonyl (C=O) groups excluding carboxylic acids is 1.